The number of hydrogen-bond donors (Lipinski definition) is 1. The van der Waals surface area contributed by atoms with Crippen molar-refractivity contribution in [1.29, 1.82) is 0 Å². The Balaban J connectivity index is 2.93. The van der Waals surface area contributed by atoms with Crippen LogP contribution in [0, 0.1) is 0 Å². The van der Waals surface area contributed by atoms with Crippen LogP contribution in [0.2, 0.25) is 0 Å². The molecule has 0 aliphatic rings. The van der Waals surface area contributed by atoms with Gasteiger partial charge < -0.3 is 10.2 Å². The molecule has 1 aromatic rings. The molecule has 0 radical (unpaired) electrons. The van der Waals surface area contributed by atoms with Crippen LogP contribution in [0.4, 0.5) is 5.13 Å². The highest BCUT2D eigenvalue weighted by Crippen LogP contribution is 2.31. The molecule has 0 spiro atoms. The first-order valence-electron chi connectivity index (χ1n) is 7.62. The number of nitrogens with zero attached hydrogens (tertiary/aromatic N) is 2. The van der Waals surface area contributed by atoms with Crippen LogP contribution < -0.4 is 10.2 Å². The molecule has 0 fully saturated rings. The summed E-state index contributed by atoms with van der Waals surface area (Å²) in [5.74, 6) is 1.60. The van der Waals surface area contributed by atoms with Crippen LogP contribution in [0.1, 0.15) is 58.0 Å². The van der Waals surface area contributed by atoms with Gasteiger partial charge in [-0.25, -0.2) is 4.98 Å². The normalized spacial score (nSPS) is 13.8. The minimum atomic E-state index is 0.135. The summed E-state index contributed by atoms with van der Waals surface area (Å²) < 4.78 is 0. The second-order valence-corrected chi connectivity index (χ2v) is 8.95. The van der Waals surface area contributed by atoms with Gasteiger partial charge in [-0.3, -0.25) is 0 Å². The van der Waals surface area contributed by atoms with Gasteiger partial charge in [-0.1, -0.05) is 13.8 Å². The van der Waals surface area contributed by atoms with Crippen molar-refractivity contribution in [2.24, 2.45) is 0 Å². The maximum atomic E-state index is 4.91. The van der Waals surface area contributed by atoms with Gasteiger partial charge in [0.2, 0.25) is 0 Å². The van der Waals surface area contributed by atoms with E-state index in [-0.39, 0.29) is 5.54 Å². The van der Waals surface area contributed by atoms with Crippen LogP contribution >= 0.6 is 23.1 Å². The highest BCUT2D eigenvalue weighted by atomic mass is 32.2. The highest BCUT2D eigenvalue weighted by molar-refractivity contribution is 7.98. The van der Waals surface area contributed by atoms with E-state index in [4.69, 9.17) is 4.98 Å². The number of thiazole rings is 1. The lowest BCUT2D eigenvalue weighted by Crippen LogP contribution is -2.35. The summed E-state index contributed by atoms with van der Waals surface area (Å²) in [6.45, 7) is 14.2. The van der Waals surface area contributed by atoms with E-state index in [0.717, 1.165) is 17.4 Å². The average molecular weight is 330 g/mol. The minimum Gasteiger partial charge on any atom is -0.348 e. The zero-order valence-corrected chi connectivity index (χ0v) is 16.4. The lowest BCUT2D eigenvalue weighted by molar-refractivity contribution is 0.425. The maximum absolute atomic E-state index is 4.91. The third kappa shape index (κ3) is 5.80. The summed E-state index contributed by atoms with van der Waals surface area (Å²) in [6, 6.07) is 0.509. The fourth-order valence-corrected chi connectivity index (χ4v) is 3.89. The van der Waals surface area contributed by atoms with Crippen LogP contribution in [0.25, 0.3) is 0 Å². The first-order valence-corrected chi connectivity index (χ1v) is 9.83. The Morgan fingerprint density at radius 2 is 1.90 bits per heavy atom. The zero-order valence-electron chi connectivity index (χ0n) is 14.8. The summed E-state index contributed by atoms with van der Waals surface area (Å²) >= 11 is 3.72. The number of anilines is 1. The highest BCUT2D eigenvalue weighted by Gasteiger charge is 2.20. The van der Waals surface area contributed by atoms with E-state index in [1.807, 2.05) is 23.1 Å². The molecule has 0 aliphatic carbocycles. The van der Waals surface area contributed by atoms with Crippen molar-refractivity contribution in [2.75, 3.05) is 24.0 Å². The van der Waals surface area contributed by atoms with Crippen LogP contribution in [0.5, 0.6) is 0 Å². The summed E-state index contributed by atoms with van der Waals surface area (Å²) in [6.07, 6.45) is 2.16. The Bertz CT molecular complexity index is 435. The molecular formula is C16H31N3S2. The Hall–Kier alpha value is -0.260. The van der Waals surface area contributed by atoms with E-state index < -0.39 is 0 Å². The molecule has 0 bridgehead atoms. The molecule has 122 valence electrons. The third-order valence-corrected chi connectivity index (χ3v) is 5.39. The zero-order chi connectivity index (χ0) is 16.2. The molecule has 0 amide bonds. The van der Waals surface area contributed by atoms with E-state index in [2.05, 4.69) is 65.1 Å². The molecule has 1 atom stereocenters. The largest absolute Gasteiger partial charge is 0.348 e. The van der Waals surface area contributed by atoms with E-state index in [1.165, 1.54) is 10.6 Å². The van der Waals surface area contributed by atoms with Crippen LogP contribution in [0.3, 0.4) is 0 Å². The number of thioether (sulfide) groups is 1. The SMILES string of the molecule is CSCC(C)N(C)c1nc(C(C)C)c(CNC(C)(C)C)s1. The van der Waals surface area contributed by atoms with Gasteiger partial charge in [-0.05, 0) is 39.9 Å². The summed E-state index contributed by atoms with van der Waals surface area (Å²) in [4.78, 5) is 8.60. The van der Waals surface area contributed by atoms with Gasteiger partial charge in [0.1, 0.15) is 0 Å². The monoisotopic (exact) mass is 329 g/mol. The molecule has 0 saturated carbocycles. The van der Waals surface area contributed by atoms with E-state index in [9.17, 15) is 0 Å². The fraction of sp³-hybridized carbons (Fsp3) is 0.812. The second-order valence-electron chi connectivity index (χ2n) is 6.98. The first kappa shape index (κ1) is 18.8. The fourth-order valence-electron chi connectivity index (χ4n) is 1.97. The Kier molecular flexibility index (Phi) is 7.01. The number of aromatic nitrogens is 1. The van der Waals surface area contributed by atoms with Crippen molar-refractivity contribution in [3.63, 3.8) is 0 Å². The van der Waals surface area contributed by atoms with Crippen LogP contribution in [-0.2, 0) is 6.54 Å². The molecule has 1 unspecified atom stereocenters. The van der Waals surface area contributed by atoms with Gasteiger partial charge in [0, 0.05) is 35.8 Å². The lowest BCUT2D eigenvalue weighted by Gasteiger charge is -2.23. The summed E-state index contributed by atoms with van der Waals surface area (Å²) in [5.41, 5.74) is 1.38. The Morgan fingerprint density at radius 1 is 1.29 bits per heavy atom. The third-order valence-electron chi connectivity index (χ3n) is 3.41. The van der Waals surface area contributed by atoms with Crippen molar-refractivity contribution in [2.45, 2.75) is 65.6 Å². The predicted octanol–water partition coefficient (Wildman–Crippen LogP) is 4.34. The van der Waals surface area contributed by atoms with Crippen molar-refractivity contribution < 1.29 is 0 Å². The van der Waals surface area contributed by atoms with Crippen molar-refractivity contribution in [3.8, 4) is 0 Å². The van der Waals surface area contributed by atoms with Gasteiger partial charge in [0.25, 0.3) is 0 Å². The quantitative estimate of drug-likeness (QED) is 0.805. The number of nitrogens with one attached hydrogen (secondary N) is 1. The smallest absolute Gasteiger partial charge is 0.185 e. The molecule has 0 saturated heterocycles. The Labute approximate surface area is 138 Å². The van der Waals surface area contributed by atoms with Gasteiger partial charge in [-0.2, -0.15) is 11.8 Å². The summed E-state index contributed by atoms with van der Waals surface area (Å²) in [7, 11) is 2.16. The molecule has 0 aliphatic heterocycles. The van der Waals surface area contributed by atoms with E-state index in [0.29, 0.717) is 12.0 Å². The molecular weight excluding hydrogens is 298 g/mol. The van der Waals surface area contributed by atoms with E-state index >= 15 is 0 Å². The molecule has 1 rings (SSSR count). The molecule has 3 nitrogen and oxygen atoms in total. The molecule has 21 heavy (non-hydrogen) atoms. The molecule has 1 aromatic heterocycles. The van der Waals surface area contributed by atoms with Crippen molar-refractivity contribution in [3.05, 3.63) is 10.6 Å². The average Bonchev–Trinajstić information content (AvgIpc) is 2.79. The van der Waals surface area contributed by atoms with Gasteiger partial charge in [0.15, 0.2) is 5.13 Å². The van der Waals surface area contributed by atoms with Crippen molar-refractivity contribution >= 4 is 28.2 Å². The second kappa shape index (κ2) is 7.84. The van der Waals surface area contributed by atoms with Gasteiger partial charge >= 0.3 is 0 Å². The van der Waals surface area contributed by atoms with Gasteiger partial charge in [0.05, 0.1) is 5.69 Å². The predicted molar refractivity (Wildman–Crippen MR) is 99.0 cm³/mol. The minimum absolute atomic E-state index is 0.135. The van der Waals surface area contributed by atoms with Crippen molar-refractivity contribution in [1.82, 2.24) is 10.3 Å². The molecule has 0 aromatic carbocycles. The van der Waals surface area contributed by atoms with Crippen LogP contribution in [-0.4, -0.2) is 35.6 Å². The first-order chi connectivity index (χ1) is 9.65. The molecule has 5 heteroatoms. The standard InChI is InChI=1S/C16H31N3S2/c1-11(2)14-13(9-17-16(4,5)6)21-15(18-14)19(7)12(3)10-20-8/h11-12,17H,9-10H2,1-8H3. The summed E-state index contributed by atoms with van der Waals surface area (Å²) in [5, 5.41) is 4.73. The number of hydrogen-bond acceptors (Lipinski definition) is 5. The maximum Gasteiger partial charge on any atom is 0.185 e. The van der Waals surface area contributed by atoms with Crippen LogP contribution in [0.15, 0.2) is 0 Å². The topological polar surface area (TPSA) is 28.2 Å². The number of rotatable bonds is 7. The molecule has 1 heterocycles. The van der Waals surface area contributed by atoms with Gasteiger partial charge in [-0.15, -0.1) is 11.3 Å². The molecule has 1 N–H and O–H groups in total. The Morgan fingerprint density at radius 3 is 2.38 bits per heavy atom. The lowest BCUT2D eigenvalue weighted by atomic mass is 10.1. The van der Waals surface area contributed by atoms with E-state index in [1.54, 1.807) is 0 Å².